The zero-order valence-electron chi connectivity index (χ0n) is 14.4. The first kappa shape index (κ1) is 17.0. The topological polar surface area (TPSA) is 29.1 Å². The first-order chi connectivity index (χ1) is 12.2. The lowest BCUT2D eigenvalue weighted by atomic mass is 9.90. The van der Waals surface area contributed by atoms with Gasteiger partial charge in [-0.1, -0.05) is 91.0 Å². The van der Waals surface area contributed by atoms with Gasteiger partial charge in [0.1, 0.15) is 0 Å². The highest BCUT2D eigenvalue weighted by atomic mass is 16.1. The van der Waals surface area contributed by atoms with Crippen LogP contribution in [0.25, 0.3) is 0 Å². The van der Waals surface area contributed by atoms with Crippen molar-refractivity contribution in [2.24, 2.45) is 0 Å². The Morgan fingerprint density at radius 2 is 1.20 bits per heavy atom. The lowest BCUT2D eigenvalue weighted by molar-refractivity contribution is -0.122. The summed E-state index contributed by atoms with van der Waals surface area (Å²) >= 11 is 0. The van der Waals surface area contributed by atoms with Gasteiger partial charge in [-0.25, -0.2) is 0 Å². The van der Waals surface area contributed by atoms with E-state index in [2.05, 4.69) is 24.4 Å². The average Bonchev–Trinajstić information content (AvgIpc) is 2.64. The second-order valence-corrected chi connectivity index (χ2v) is 6.35. The molecule has 1 N–H and O–H groups in total. The number of amides is 1. The van der Waals surface area contributed by atoms with Crippen LogP contribution < -0.4 is 5.32 Å². The third-order valence-corrected chi connectivity index (χ3v) is 4.30. The van der Waals surface area contributed by atoms with Crippen molar-refractivity contribution in [3.05, 3.63) is 108 Å². The van der Waals surface area contributed by atoms with Crippen LogP contribution in [0.1, 0.15) is 29.5 Å². The first-order valence-corrected chi connectivity index (χ1v) is 8.68. The molecule has 3 rings (SSSR count). The van der Waals surface area contributed by atoms with Gasteiger partial charge in [-0.05, 0) is 30.0 Å². The summed E-state index contributed by atoms with van der Waals surface area (Å²) in [5.74, 6) is -0.249. The second-order valence-electron chi connectivity index (χ2n) is 6.35. The molecule has 0 aliphatic rings. The molecule has 0 radical (unpaired) electrons. The van der Waals surface area contributed by atoms with Gasteiger partial charge in [-0.15, -0.1) is 0 Å². The van der Waals surface area contributed by atoms with Crippen molar-refractivity contribution < 1.29 is 4.79 Å². The molecule has 0 unspecified atom stereocenters. The minimum Gasteiger partial charge on any atom is -0.352 e. The lowest BCUT2D eigenvalue weighted by Crippen LogP contribution is -2.37. The Bertz CT molecular complexity index is 745. The Morgan fingerprint density at radius 3 is 1.68 bits per heavy atom. The van der Waals surface area contributed by atoms with Gasteiger partial charge < -0.3 is 5.32 Å². The number of carbonyl (C=O) groups is 1. The Kier molecular flexibility index (Phi) is 5.63. The molecule has 0 fully saturated rings. The van der Waals surface area contributed by atoms with Crippen LogP contribution in [0.2, 0.25) is 0 Å². The van der Waals surface area contributed by atoms with Gasteiger partial charge in [0.25, 0.3) is 0 Å². The average molecular weight is 329 g/mol. The SMILES string of the molecule is C[C@@H](Cc1ccccc1)NC(=O)C(c1ccccc1)c1ccccc1. The summed E-state index contributed by atoms with van der Waals surface area (Å²) in [7, 11) is 0. The summed E-state index contributed by atoms with van der Waals surface area (Å²) in [5.41, 5.74) is 3.25. The van der Waals surface area contributed by atoms with E-state index in [9.17, 15) is 4.79 Å². The van der Waals surface area contributed by atoms with Crippen LogP contribution in [-0.2, 0) is 11.2 Å². The van der Waals surface area contributed by atoms with Crippen molar-refractivity contribution in [2.75, 3.05) is 0 Å². The van der Waals surface area contributed by atoms with Gasteiger partial charge in [0.2, 0.25) is 5.91 Å². The minimum atomic E-state index is -0.291. The maximum Gasteiger partial charge on any atom is 0.232 e. The number of rotatable bonds is 6. The quantitative estimate of drug-likeness (QED) is 0.705. The van der Waals surface area contributed by atoms with E-state index in [0.717, 1.165) is 17.5 Å². The second kappa shape index (κ2) is 8.29. The monoisotopic (exact) mass is 329 g/mol. The molecule has 2 nitrogen and oxygen atoms in total. The molecule has 25 heavy (non-hydrogen) atoms. The van der Waals surface area contributed by atoms with E-state index in [4.69, 9.17) is 0 Å². The van der Waals surface area contributed by atoms with E-state index in [1.807, 2.05) is 78.9 Å². The van der Waals surface area contributed by atoms with Crippen LogP contribution >= 0.6 is 0 Å². The van der Waals surface area contributed by atoms with E-state index in [1.54, 1.807) is 0 Å². The van der Waals surface area contributed by atoms with Gasteiger partial charge in [0.15, 0.2) is 0 Å². The Balaban J connectivity index is 1.78. The maximum absolute atomic E-state index is 13.0. The third kappa shape index (κ3) is 4.57. The van der Waals surface area contributed by atoms with E-state index >= 15 is 0 Å². The van der Waals surface area contributed by atoms with Gasteiger partial charge >= 0.3 is 0 Å². The molecule has 0 aromatic heterocycles. The number of hydrogen-bond acceptors (Lipinski definition) is 1. The zero-order valence-corrected chi connectivity index (χ0v) is 14.4. The van der Waals surface area contributed by atoms with E-state index < -0.39 is 0 Å². The summed E-state index contributed by atoms with van der Waals surface area (Å²) in [6, 6.07) is 30.2. The summed E-state index contributed by atoms with van der Waals surface area (Å²) in [6.07, 6.45) is 0.822. The molecule has 0 aliphatic carbocycles. The molecule has 0 bridgehead atoms. The van der Waals surface area contributed by atoms with Crippen molar-refractivity contribution in [3.63, 3.8) is 0 Å². The molecular formula is C23H23NO. The van der Waals surface area contributed by atoms with Gasteiger partial charge in [0, 0.05) is 6.04 Å². The fourth-order valence-electron chi connectivity index (χ4n) is 3.13. The maximum atomic E-state index is 13.0. The molecule has 0 aliphatic heterocycles. The Hall–Kier alpha value is -2.87. The highest BCUT2D eigenvalue weighted by Crippen LogP contribution is 2.25. The number of hydrogen-bond donors (Lipinski definition) is 1. The smallest absolute Gasteiger partial charge is 0.232 e. The lowest BCUT2D eigenvalue weighted by Gasteiger charge is -2.21. The standard InChI is InChI=1S/C23H23NO/c1-18(17-19-11-5-2-6-12-19)24-23(25)22(20-13-7-3-8-14-20)21-15-9-4-10-16-21/h2-16,18,22H,17H2,1H3,(H,24,25)/t18-/m0/s1. The van der Waals surface area contributed by atoms with Crippen molar-refractivity contribution in [1.29, 1.82) is 0 Å². The molecule has 0 saturated carbocycles. The van der Waals surface area contributed by atoms with Crippen LogP contribution in [0.4, 0.5) is 0 Å². The van der Waals surface area contributed by atoms with E-state index in [1.165, 1.54) is 5.56 Å². The van der Waals surface area contributed by atoms with Crippen LogP contribution in [0, 0.1) is 0 Å². The fraction of sp³-hybridized carbons (Fsp3) is 0.174. The van der Waals surface area contributed by atoms with Crippen molar-refractivity contribution in [1.82, 2.24) is 5.32 Å². The molecule has 1 amide bonds. The summed E-state index contributed by atoms with van der Waals surface area (Å²) < 4.78 is 0. The molecule has 1 atom stereocenters. The van der Waals surface area contributed by atoms with E-state index in [0.29, 0.717) is 0 Å². The van der Waals surface area contributed by atoms with Crippen LogP contribution in [-0.4, -0.2) is 11.9 Å². The van der Waals surface area contributed by atoms with Gasteiger partial charge in [-0.2, -0.15) is 0 Å². The Labute approximate surface area is 149 Å². The minimum absolute atomic E-state index is 0.0424. The van der Waals surface area contributed by atoms with Crippen LogP contribution in [0.15, 0.2) is 91.0 Å². The highest BCUT2D eigenvalue weighted by molar-refractivity contribution is 5.87. The zero-order chi connectivity index (χ0) is 17.5. The van der Waals surface area contributed by atoms with Gasteiger partial charge in [-0.3, -0.25) is 4.79 Å². The summed E-state index contributed by atoms with van der Waals surface area (Å²) in [6.45, 7) is 2.05. The summed E-state index contributed by atoms with van der Waals surface area (Å²) in [4.78, 5) is 13.0. The predicted molar refractivity (Wildman–Crippen MR) is 102 cm³/mol. The number of carbonyl (C=O) groups excluding carboxylic acids is 1. The fourth-order valence-corrected chi connectivity index (χ4v) is 3.13. The normalized spacial score (nSPS) is 11.9. The summed E-state index contributed by atoms with van der Waals surface area (Å²) in [5, 5.41) is 3.19. The van der Waals surface area contributed by atoms with Crippen LogP contribution in [0.5, 0.6) is 0 Å². The van der Waals surface area contributed by atoms with Crippen LogP contribution in [0.3, 0.4) is 0 Å². The molecule has 2 heteroatoms. The molecule has 0 heterocycles. The Morgan fingerprint density at radius 1 is 0.760 bits per heavy atom. The predicted octanol–water partition coefficient (Wildman–Crippen LogP) is 4.57. The molecular weight excluding hydrogens is 306 g/mol. The molecule has 0 spiro atoms. The molecule has 3 aromatic carbocycles. The molecule has 3 aromatic rings. The van der Waals surface area contributed by atoms with Crippen molar-refractivity contribution in [3.8, 4) is 0 Å². The number of nitrogens with one attached hydrogen (secondary N) is 1. The molecule has 0 saturated heterocycles. The largest absolute Gasteiger partial charge is 0.352 e. The highest BCUT2D eigenvalue weighted by Gasteiger charge is 2.23. The van der Waals surface area contributed by atoms with Crippen molar-refractivity contribution in [2.45, 2.75) is 25.3 Å². The molecule has 126 valence electrons. The van der Waals surface area contributed by atoms with Crippen molar-refractivity contribution >= 4 is 5.91 Å². The van der Waals surface area contributed by atoms with E-state index in [-0.39, 0.29) is 17.9 Å². The third-order valence-electron chi connectivity index (χ3n) is 4.30. The number of benzene rings is 3. The van der Waals surface area contributed by atoms with Gasteiger partial charge in [0.05, 0.1) is 5.92 Å². The first-order valence-electron chi connectivity index (χ1n) is 8.68.